The zero-order valence-electron chi connectivity index (χ0n) is 20.0. The number of methoxy groups -OCH3 is 2. The molecule has 0 aliphatic carbocycles. The van der Waals surface area contributed by atoms with Gasteiger partial charge in [0.15, 0.2) is 0 Å². The molecule has 5 rings (SSSR count). The van der Waals surface area contributed by atoms with Gasteiger partial charge in [-0.1, -0.05) is 36.4 Å². The smallest absolute Gasteiger partial charge is 0.321 e. The van der Waals surface area contributed by atoms with Gasteiger partial charge in [-0.25, -0.2) is 4.79 Å². The molecule has 0 radical (unpaired) electrons. The van der Waals surface area contributed by atoms with E-state index < -0.39 is 6.04 Å². The van der Waals surface area contributed by atoms with E-state index in [1.165, 1.54) is 19.1 Å². The molecule has 1 fully saturated rings. The number of carbonyl (C=O) groups excluding carboxylic acids is 3. The van der Waals surface area contributed by atoms with Crippen LogP contribution < -0.4 is 20.1 Å². The second-order valence-corrected chi connectivity index (χ2v) is 8.61. The van der Waals surface area contributed by atoms with Gasteiger partial charge >= 0.3 is 6.03 Å². The third kappa shape index (κ3) is 4.43. The van der Waals surface area contributed by atoms with Crippen LogP contribution in [0.15, 0.2) is 66.7 Å². The first kappa shape index (κ1) is 23.2. The molecule has 1 atom stereocenters. The summed E-state index contributed by atoms with van der Waals surface area (Å²) in [6, 6.07) is 19.1. The number of nitrogens with zero attached hydrogens (tertiary/aromatic N) is 2. The number of hydrogen-bond donors (Lipinski definition) is 2. The molecule has 2 N–H and O–H groups in total. The lowest BCUT2D eigenvalue weighted by molar-refractivity contribution is -0.121. The molecule has 4 amide bonds. The van der Waals surface area contributed by atoms with E-state index in [9.17, 15) is 14.4 Å². The Morgan fingerprint density at radius 1 is 0.917 bits per heavy atom. The van der Waals surface area contributed by atoms with Crippen molar-refractivity contribution in [3.8, 4) is 22.6 Å². The maximum absolute atomic E-state index is 13.5. The summed E-state index contributed by atoms with van der Waals surface area (Å²) in [5, 5.41) is 5.71. The molecule has 184 valence electrons. The summed E-state index contributed by atoms with van der Waals surface area (Å²) in [5.41, 5.74) is 3.28. The van der Waals surface area contributed by atoms with E-state index >= 15 is 0 Å². The van der Waals surface area contributed by atoms with Crippen molar-refractivity contribution in [2.75, 3.05) is 44.5 Å². The van der Waals surface area contributed by atoms with Crippen molar-refractivity contribution in [3.05, 3.63) is 72.3 Å². The first-order valence-electron chi connectivity index (χ1n) is 11.6. The molecule has 9 heteroatoms. The number of amides is 4. The quantitative estimate of drug-likeness (QED) is 0.586. The Hall–Kier alpha value is -4.53. The summed E-state index contributed by atoms with van der Waals surface area (Å²) >= 11 is 0. The number of urea groups is 1. The van der Waals surface area contributed by atoms with Crippen LogP contribution in [0.5, 0.6) is 11.5 Å². The van der Waals surface area contributed by atoms with Crippen LogP contribution >= 0.6 is 0 Å². The topological polar surface area (TPSA) is 100 Å². The van der Waals surface area contributed by atoms with Crippen molar-refractivity contribution in [1.29, 1.82) is 0 Å². The van der Waals surface area contributed by atoms with E-state index in [4.69, 9.17) is 9.47 Å². The Balaban J connectivity index is 1.35. The highest BCUT2D eigenvalue weighted by Crippen LogP contribution is 2.31. The molecular formula is C27H26N4O5. The molecule has 3 aromatic rings. The second kappa shape index (κ2) is 9.61. The fourth-order valence-corrected chi connectivity index (χ4v) is 4.53. The molecule has 9 nitrogen and oxygen atoms in total. The number of anilines is 2. The highest BCUT2D eigenvalue weighted by Gasteiger charge is 2.40. The monoisotopic (exact) mass is 486 g/mol. The van der Waals surface area contributed by atoms with Crippen molar-refractivity contribution in [2.24, 2.45) is 0 Å². The molecule has 1 unspecified atom stereocenters. The highest BCUT2D eigenvalue weighted by molar-refractivity contribution is 6.11. The lowest BCUT2D eigenvalue weighted by Crippen LogP contribution is -2.60. The van der Waals surface area contributed by atoms with E-state index in [0.717, 1.165) is 11.1 Å². The minimum atomic E-state index is -0.801. The van der Waals surface area contributed by atoms with E-state index in [1.54, 1.807) is 29.2 Å². The van der Waals surface area contributed by atoms with Crippen LogP contribution in [0.1, 0.15) is 10.4 Å². The van der Waals surface area contributed by atoms with E-state index in [-0.39, 0.29) is 37.5 Å². The molecule has 2 aliphatic heterocycles. The van der Waals surface area contributed by atoms with Crippen molar-refractivity contribution in [1.82, 2.24) is 9.80 Å². The van der Waals surface area contributed by atoms with Crippen LogP contribution in [-0.4, -0.2) is 67.5 Å². The van der Waals surface area contributed by atoms with Gasteiger partial charge in [-0.2, -0.15) is 0 Å². The maximum atomic E-state index is 13.5. The molecule has 2 aliphatic rings. The Bertz CT molecular complexity index is 1300. The SMILES string of the molecule is COc1cc(NC(=O)N2CCN3C(=O)c4cc(-c5ccccc5)ccc4NC(=O)C3C2)cc(OC)c1. The number of benzene rings is 3. The van der Waals surface area contributed by atoms with Gasteiger partial charge in [-0.3, -0.25) is 9.59 Å². The predicted molar refractivity (Wildman–Crippen MR) is 135 cm³/mol. The van der Waals surface area contributed by atoms with E-state index in [1.807, 2.05) is 42.5 Å². The van der Waals surface area contributed by atoms with Gasteiger partial charge in [0, 0.05) is 37.0 Å². The van der Waals surface area contributed by atoms with E-state index in [0.29, 0.717) is 28.4 Å². The standard InChI is InChI=1S/C27H26N4O5/c1-35-20-13-19(14-21(15-20)36-2)28-27(34)30-10-11-31-24(16-30)25(32)29-23-9-8-18(12-22(23)26(31)33)17-6-4-3-5-7-17/h3-9,12-15,24H,10-11,16H2,1-2H3,(H,28,34)(H,29,32). The van der Waals surface area contributed by atoms with Gasteiger partial charge in [-0.15, -0.1) is 0 Å². The Kier molecular flexibility index (Phi) is 6.20. The molecule has 36 heavy (non-hydrogen) atoms. The second-order valence-electron chi connectivity index (χ2n) is 8.61. The summed E-state index contributed by atoms with van der Waals surface area (Å²) < 4.78 is 10.5. The molecule has 0 saturated carbocycles. The van der Waals surface area contributed by atoms with Gasteiger partial charge in [0.1, 0.15) is 17.5 Å². The lowest BCUT2D eigenvalue weighted by Gasteiger charge is -2.39. The average Bonchev–Trinajstić information content (AvgIpc) is 3.02. The zero-order chi connectivity index (χ0) is 25.2. The van der Waals surface area contributed by atoms with Crippen molar-refractivity contribution in [3.63, 3.8) is 0 Å². The fraction of sp³-hybridized carbons (Fsp3) is 0.222. The minimum absolute atomic E-state index is 0.0735. The number of hydrogen-bond acceptors (Lipinski definition) is 5. The largest absolute Gasteiger partial charge is 0.497 e. The summed E-state index contributed by atoms with van der Waals surface area (Å²) in [4.78, 5) is 42.7. The number of fused-ring (bicyclic) bond motifs is 2. The third-order valence-corrected chi connectivity index (χ3v) is 6.45. The van der Waals surface area contributed by atoms with Crippen molar-refractivity contribution in [2.45, 2.75) is 6.04 Å². The Morgan fingerprint density at radius 3 is 2.33 bits per heavy atom. The fourth-order valence-electron chi connectivity index (χ4n) is 4.53. The van der Waals surface area contributed by atoms with Crippen molar-refractivity contribution < 1.29 is 23.9 Å². The van der Waals surface area contributed by atoms with Crippen molar-refractivity contribution >= 4 is 29.2 Å². The Morgan fingerprint density at radius 2 is 1.64 bits per heavy atom. The van der Waals surface area contributed by atoms with Gasteiger partial charge in [0.25, 0.3) is 5.91 Å². The first-order chi connectivity index (χ1) is 17.5. The van der Waals surface area contributed by atoms with E-state index in [2.05, 4.69) is 10.6 Å². The summed E-state index contributed by atoms with van der Waals surface area (Å²) in [5.74, 6) is 0.519. The Labute approximate surface area is 208 Å². The number of ether oxygens (including phenoxy) is 2. The zero-order valence-corrected chi connectivity index (χ0v) is 20.0. The maximum Gasteiger partial charge on any atom is 0.321 e. The number of piperazine rings is 1. The molecule has 0 bridgehead atoms. The van der Waals surface area contributed by atoms with Crippen LogP contribution in [0.4, 0.5) is 16.2 Å². The summed E-state index contributed by atoms with van der Waals surface area (Å²) in [6.07, 6.45) is 0. The average molecular weight is 487 g/mol. The summed E-state index contributed by atoms with van der Waals surface area (Å²) in [7, 11) is 3.06. The first-order valence-corrected chi connectivity index (χ1v) is 11.6. The number of rotatable bonds is 4. The number of nitrogens with one attached hydrogen (secondary N) is 2. The highest BCUT2D eigenvalue weighted by atomic mass is 16.5. The predicted octanol–water partition coefficient (Wildman–Crippen LogP) is 3.68. The van der Waals surface area contributed by atoms with Crippen LogP contribution in [0, 0.1) is 0 Å². The molecule has 2 heterocycles. The van der Waals surface area contributed by atoms with Crippen LogP contribution in [0.25, 0.3) is 11.1 Å². The van der Waals surface area contributed by atoms with Crippen LogP contribution in [0.2, 0.25) is 0 Å². The minimum Gasteiger partial charge on any atom is -0.497 e. The van der Waals surface area contributed by atoms with Gasteiger partial charge in [0.2, 0.25) is 5.91 Å². The molecular weight excluding hydrogens is 460 g/mol. The molecule has 3 aromatic carbocycles. The van der Waals surface area contributed by atoms with Crippen LogP contribution in [-0.2, 0) is 4.79 Å². The molecule has 0 spiro atoms. The van der Waals surface area contributed by atoms with Gasteiger partial charge in [0.05, 0.1) is 32.0 Å². The lowest BCUT2D eigenvalue weighted by atomic mass is 10.0. The summed E-state index contributed by atoms with van der Waals surface area (Å²) in [6.45, 7) is 0.598. The normalized spacial score (nSPS) is 16.9. The third-order valence-electron chi connectivity index (χ3n) is 6.45. The van der Waals surface area contributed by atoms with Crippen LogP contribution in [0.3, 0.4) is 0 Å². The van der Waals surface area contributed by atoms with Gasteiger partial charge in [-0.05, 0) is 23.3 Å². The number of carbonyl (C=O) groups is 3. The molecule has 0 aromatic heterocycles. The van der Waals surface area contributed by atoms with Gasteiger partial charge < -0.3 is 29.9 Å². The molecule has 1 saturated heterocycles.